The van der Waals surface area contributed by atoms with Gasteiger partial charge in [-0.1, -0.05) is 24.9 Å². The van der Waals surface area contributed by atoms with E-state index in [0.29, 0.717) is 10.9 Å². The van der Waals surface area contributed by atoms with E-state index in [2.05, 4.69) is 12.2 Å². The third-order valence-electron chi connectivity index (χ3n) is 3.10. The van der Waals surface area contributed by atoms with Gasteiger partial charge in [-0.3, -0.25) is 4.79 Å². The van der Waals surface area contributed by atoms with Crippen LogP contribution in [0.3, 0.4) is 0 Å². The number of hydrogen-bond donors (Lipinski definition) is 2. The molecule has 1 fully saturated rings. The molecule has 1 saturated carbocycles. The SMILES string of the molecule is CCCC1CC1NC(=O)c1ccc(Cl)cc1O. The van der Waals surface area contributed by atoms with Crippen molar-refractivity contribution in [1.29, 1.82) is 0 Å². The summed E-state index contributed by atoms with van der Waals surface area (Å²) in [5.41, 5.74) is 0.288. The smallest absolute Gasteiger partial charge is 0.255 e. The van der Waals surface area contributed by atoms with Gasteiger partial charge in [0.15, 0.2) is 0 Å². The molecule has 0 spiro atoms. The first-order valence-electron chi connectivity index (χ1n) is 5.91. The first-order valence-corrected chi connectivity index (χ1v) is 6.29. The van der Waals surface area contributed by atoms with Crippen molar-refractivity contribution in [1.82, 2.24) is 5.32 Å². The van der Waals surface area contributed by atoms with Crippen LogP contribution in [0, 0.1) is 5.92 Å². The molecule has 1 aromatic carbocycles. The number of rotatable bonds is 4. The Morgan fingerprint density at radius 2 is 2.35 bits per heavy atom. The van der Waals surface area contributed by atoms with Crippen molar-refractivity contribution in [3.8, 4) is 5.75 Å². The van der Waals surface area contributed by atoms with E-state index < -0.39 is 0 Å². The molecule has 0 aliphatic heterocycles. The monoisotopic (exact) mass is 253 g/mol. The number of phenols is 1. The summed E-state index contributed by atoms with van der Waals surface area (Å²) in [5, 5.41) is 13.0. The number of aromatic hydroxyl groups is 1. The minimum absolute atomic E-state index is 0.0670. The lowest BCUT2D eigenvalue weighted by molar-refractivity contribution is 0.0946. The second-order valence-corrected chi connectivity index (χ2v) is 4.96. The van der Waals surface area contributed by atoms with E-state index in [0.717, 1.165) is 19.3 Å². The van der Waals surface area contributed by atoms with Gasteiger partial charge < -0.3 is 10.4 Å². The van der Waals surface area contributed by atoms with Crippen molar-refractivity contribution in [3.05, 3.63) is 28.8 Å². The maximum absolute atomic E-state index is 11.9. The minimum Gasteiger partial charge on any atom is -0.507 e. The lowest BCUT2D eigenvalue weighted by Gasteiger charge is -2.06. The van der Waals surface area contributed by atoms with Crippen LogP contribution >= 0.6 is 11.6 Å². The van der Waals surface area contributed by atoms with Crippen LogP contribution in [0.25, 0.3) is 0 Å². The van der Waals surface area contributed by atoms with Crippen LogP contribution in [0.5, 0.6) is 5.75 Å². The van der Waals surface area contributed by atoms with Crippen molar-refractivity contribution in [2.45, 2.75) is 32.2 Å². The molecule has 1 aliphatic carbocycles. The third kappa shape index (κ3) is 2.91. The number of hydrogen-bond acceptors (Lipinski definition) is 2. The molecule has 0 saturated heterocycles. The molecule has 0 heterocycles. The first kappa shape index (κ1) is 12.2. The van der Waals surface area contributed by atoms with Crippen LogP contribution in [0.1, 0.15) is 36.5 Å². The highest BCUT2D eigenvalue weighted by Crippen LogP contribution is 2.35. The van der Waals surface area contributed by atoms with E-state index in [1.165, 1.54) is 6.07 Å². The predicted octanol–water partition coefficient (Wildman–Crippen LogP) is 2.96. The fraction of sp³-hybridized carbons (Fsp3) is 0.462. The summed E-state index contributed by atoms with van der Waals surface area (Å²) in [6.45, 7) is 2.14. The van der Waals surface area contributed by atoms with Gasteiger partial charge in [-0.2, -0.15) is 0 Å². The molecule has 0 radical (unpaired) electrons. The maximum Gasteiger partial charge on any atom is 0.255 e. The molecule has 3 nitrogen and oxygen atoms in total. The van der Waals surface area contributed by atoms with Crippen LogP contribution in [0.4, 0.5) is 0 Å². The number of carbonyl (C=O) groups excluding carboxylic acids is 1. The standard InChI is InChI=1S/C13H16ClNO2/c1-2-3-8-6-11(8)15-13(17)10-5-4-9(14)7-12(10)16/h4-5,7-8,11,16H,2-3,6H2,1H3,(H,15,17). The Hall–Kier alpha value is -1.22. The molecule has 1 amide bonds. The molecular formula is C13H16ClNO2. The van der Waals surface area contributed by atoms with Crippen molar-refractivity contribution in [2.75, 3.05) is 0 Å². The summed E-state index contributed by atoms with van der Waals surface area (Å²) >= 11 is 5.71. The molecule has 0 bridgehead atoms. The maximum atomic E-state index is 11.9. The molecule has 17 heavy (non-hydrogen) atoms. The van der Waals surface area contributed by atoms with Gasteiger partial charge in [0, 0.05) is 11.1 Å². The molecular weight excluding hydrogens is 238 g/mol. The number of carbonyl (C=O) groups is 1. The van der Waals surface area contributed by atoms with Gasteiger partial charge in [0.05, 0.1) is 5.56 Å². The number of halogens is 1. The Morgan fingerprint density at radius 3 is 3.00 bits per heavy atom. The van der Waals surface area contributed by atoms with Crippen LogP contribution in [0.15, 0.2) is 18.2 Å². The number of phenolic OH excluding ortho intramolecular Hbond substituents is 1. The van der Waals surface area contributed by atoms with Gasteiger partial charge in [-0.05, 0) is 37.0 Å². The average molecular weight is 254 g/mol. The topological polar surface area (TPSA) is 49.3 Å². The van der Waals surface area contributed by atoms with Crippen molar-refractivity contribution in [3.63, 3.8) is 0 Å². The summed E-state index contributed by atoms with van der Waals surface area (Å²) in [5.74, 6) is 0.323. The lowest BCUT2D eigenvalue weighted by atomic mass is 10.2. The highest BCUT2D eigenvalue weighted by atomic mass is 35.5. The van der Waals surface area contributed by atoms with Crippen molar-refractivity contribution >= 4 is 17.5 Å². The van der Waals surface area contributed by atoms with Gasteiger partial charge in [-0.15, -0.1) is 0 Å². The predicted molar refractivity (Wildman–Crippen MR) is 67.4 cm³/mol. The van der Waals surface area contributed by atoms with Crippen LogP contribution in [0.2, 0.25) is 5.02 Å². The molecule has 4 heteroatoms. The zero-order valence-electron chi connectivity index (χ0n) is 9.74. The summed E-state index contributed by atoms with van der Waals surface area (Å²) in [6.07, 6.45) is 3.34. The average Bonchev–Trinajstić information content (AvgIpc) is 2.96. The molecule has 2 N–H and O–H groups in total. The Kier molecular flexibility index (Phi) is 3.57. The van der Waals surface area contributed by atoms with E-state index >= 15 is 0 Å². The normalized spacial score (nSPS) is 22.2. The highest BCUT2D eigenvalue weighted by Gasteiger charge is 2.37. The van der Waals surface area contributed by atoms with E-state index in [1.54, 1.807) is 12.1 Å². The van der Waals surface area contributed by atoms with Gasteiger partial charge in [0.1, 0.15) is 5.75 Å². The molecule has 2 unspecified atom stereocenters. The van der Waals surface area contributed by atoms with Crippen molar-refractivity contribution < 1.29 is 9.90 Å². The zero-order valence-corrected chi connectivity index (χ0v) is 10.5. The fourth-order valence-electron chi connectivity index (χ4n) is 2.06. The second kappa shape index (κ2) is 4.96. The second-order valence-electron chi connectivity index (χ2n) is 4.53. The van der Waals surface area contributed by atoms with E-state index in [9.17, 15) is 9.90 Å². The third-order valence-corrected chi connectivity index (χ3v) is 3.34. The fourth-order valence-corrected chi connectivity index (χ4v) is 2.22. The van der Waals surface area contributed by atoms with Gasteiger partial charge in [0.2, 0.25) is 0 Å². The summed E-state index contributed by atoms with van der Waals surface area (Å²) < 4.78 is 0. The van der Waals surface area contributed by atoms with Gasteiger partial charge in [-0.25, -0.2) is 0 Å². The number of amides is 1. The lowest BCUT2D eigenvalue weighted by Crippen LogP contribution is -2.26. The summed E-state index contributed by atoms with van der Waals surface area (Å²) in [4.78, 5) is 11.9. The Bertz CT molecular complexity index is 433. The highest BCUT2D eigenvalue weighted by molar-refractivity contribution is 6.30. The quantitative estimate of drug-likeness (QED) is 0.867. The molecule has 2 atom stereocenters. The van der Waals surface area contributed by atoms with E-state index in [1.807, 2.05) is 0 Å². The van der Waals surface area contributed by atoms with Crippen molar-refractivity contribution in [2.24, 2.45) is 5.92 Å². The van der Waals surface area contributed by atoms with E-state index in [4.69, 9.17) is 11.6 Å². The van der Waals surface area contributed by atoms with Gasteiger partial charge in [0.25, 0.3) is 5.91 Å². The van der Waals surface area contributed by atoms with Crippen LogP contribution < -0.4 is 5.32 Å². The molecule has 2 rings (SSSR count). The van der Waals surface area contributed by atoms with Crippen LogP contribution in [-0.2, 0) is 0 Å². The molecule has 1 aromatic rings. The molecule has 0 aromatic heterocycles. The van der Waals surface area contributed by atoms with E-state index in [-0.39, 0.29) is 23.3 Å². The first-order chi connectivity index (χ1) is 8.11. The number of benzene rings is 1. The molecule has 92 valence electrons. The van der Waals surface area contributed by atoms with Crippen LogP contribution in [-0.4, -0.2) is 17.1 Å². The summed E-state index contributed by atoms with van der Waals surface area (Å²) in [7, 11) is 0. The summed E-state index contributed by atoms with van der Waals surface area (Å²) in [6, 6.07) is 4.81. The van der Waals surface area contributed by atoms with Gasteiger partial charge >= 0.3 is 0 Å². The zero-order chi connectivity index (χ0) is 12.4. The Balaban J connectivity index is 1.96. The minimum atomic E-state index is -0.220. The molecule has 1 aliphatic rings. The largest absolute Gasteiger partial charge is 0.507 e. The Morgan fingerprint density at radius 1 is 1.59 bits per heavy atom. The number of nitrogens with one attached hydrogen (secondary N) is 1. The Labute approximate surface area is 106 Å².